The van der Waals surface area contributed by atoms with Crippen molar-refractivity contribution in [3.05, 3.63) is 11.3 Å². The molecule has 3 nitrogen and oxygen atoms in total. The van der Waals surface area contributed by atoms with E-state index in [-0.39, 0.29) is 17.1 Å². The normalized spacial score (nSPS) is 24.6. The lowest BCUT2D eigenvalue weighted by atomic mass is 9.72. The number of aliphatic hydroxyl groups is 1. The fourth-order valence-electron chi connectivity index (χ4n) is 2.96. The lowest BCUT2D eigenvalue weighted by Gasteiger charge is -2.33. The lowest BCUT2D eigenvalue weighted by Crippen LogP contribution is -2.26. The Balaban J connectivity index is 2.18. The Bertz CT molecular complexity index is 298. The molecule has 0 saturated heterocycles. The van der Waals surface area contributed by atoms with E-state index in [1.54, 1.807) is 0 Å². The Morgan fingerprint density at radius 2 is 2.00 bits per heavy atom. The van der Waals surface area contributed by atoms with Gasteiger partial charge in [-0.3, -0.25) is 0 Å². The van der Waals surface area contributed by atoms with Crippen molar-refractivity contribution in [2.24, 2.45) is 5.41 Å². The van der Waals surface area contributed by atoms with Crippen molar-refractivity contribution in [1.29, 1.82) is 0 Å². The summed E-state index contributed by atoms with van der Waals surface area (Å²) in [6, 6.07) is 0. The van der Waals surface area contributed by atoms with Crippen molar-refractivity contribution < 1.29 is 14.6 Å². The SMILES string of the molecule is COC(=O)C1=C(O)CCC2(CCCC2)C1. The molecule has 1 spiro atoms. The van der Waals surface area contributed by atoms with Gasteiger partial charge in [-0.25, -0.2) is 4.79 Å². The molecule has 2 rings (SSSR count). The maximum Gasteiger partial charge on any atom is 0.337 e. The second kappa shape index (κ2) is 3.87. The molecule has 1 N–H and O–H groups in total. The molecule has 0 aromatic heterocycles. The predicted octanol–water partition coefficient (Wildman–Crippen LogP) is 2.72. The Morgan fingerprint density at radius 3 is 2.60 bits per heavy atom. The van der Waals surface area contributed by atoms with Crippen LogP contribution < -0.4 is 0 Å². The summed E-state index contributed by atoms with van der Waals surface area (Å²) in [5.41, 5.74) is 0.807. The number of ether oxygens (including phenoxy) is 1. The highest BCUT2D eigenvalue weighted by Gasteiger charge is 2.40. The van der Waals surface area contributed by atoms with E-state index in [4.69, 9.17) is 4.74 Å². The van der Waals surface area contributed by atoms with Crippen LogP contribution in [0.1, 0.15) is 44.9 Å². The largest absolute Gasteiger partial charge is 0.512 e. The molecule has 0 radical (unpaired) electrons. The predicted molar refractivity (Wildman–Crippen MR) is 56.4 cm³/mol. The van der Waals surface area contributed by atoms with Crippen LogP contribution in [0.5, 0.6) is 0 Å². The first-order valence-corrected chi connectivity index (χ1v) is 5.66. The van der Waals surface area contributed by atoms with E-state index < -0.39 is 0 Å². The second-order valence-electron chi connectivity index (χ2n) is 4.80. The van der Waals surface area contributed by atoms with Crippen LogP contribution in [0.15, 0.2) is 11.3 Å². The number of aliphatic hydroxyl groups excluding tert-OH is 1. The van der Waals surface area contributed by atoms with Gasteiger partial charge in [-0.15, -0.1) is 0 Å². The molecule has 0 bridgehead atoms. The molecule has 2 aliphatic carbocycles. The first kappa shape index (κ1) is 10.5. The summed E-state index contributed by atoms with van der Waals surface area (Å²) in [5, 5.41) is 9.69. The summed E-state index contributed by atoms with van der Waals surface area (Å²) in [5.74, 6) is -0.0992. The van der Waals surface area contributed by atoms with Gasteiger partial charge in [-0.1, -0.05) is 12.8 Å². The number of methoxy groups -OCH3 is 1. The number of esters is 1. The zero-order valence-corrected chi connectivity index (χ0v) is 9.21. The number of hydrogen-bond donors (Lipinski definition) is 1. The maximum absolute atomic E-state index is 11.5. The molecular weight excluding hydrogens is 192 g/mol. The van der Waals surface area contributed by atoms with Crippen molar-refractivity contribution in [2.45, 2.75) is 44.9 Å². The molecule has 0 atom stereocenters. The average Bonchev–Trinajstić information content (AvgIpc) is 2.70. The molecule has 0 aromatic carbocycles. The Kier molecular flexibility index (Phi) is 2.72. The summed E-state index contributed by atoms with van der Waals surface area (Å²) >= 11 is 0. The van der Waals surface area contributed by atoms with E-state index in [1.165, 1.54) is 32.8 Å². The molecule has 3 heteroatoms. The van der Waals surface area contributed by atoms with Gasteiger partial charge in [-0.2, -0.15) is 0 Å². The summed E-state index contributed by atoms with van der Waals surface area (Å²) in [7, 11) is 1.37. The highest BCUT2D eigenvalue weighted by atomic mass is 16.5. The molecular formula is C12H18O3. The number of carbonyl (C=O) groups is 1. The van der Waals surface area contributed by atoms with Crippen LogP contribution in [0.25, 0.3) is 0 Å². The third kappa shape index (κ3) is 1.87. The third-order valence-corrected chi connectivity index (χ3v) is 3.89. The minimum absolute atomic E-state index is 0.249. The molecule has 1 saturated carbocycles. The first-order chi connectivity index (χ1) is 7.17. The minimum Gasteiger partial charge on any atom is -0.512 e. The van der Waals surface area contributed by atoms with Crippen LogP contribution in [-0.4, -0.2) is 18.2 Å². The highest BCUT2D eigenvalue weighted by Crippen LogP contribution is 2.50. The molecule has 0 aromatic rings. The van der Waals surface area contributed by atoms with Gasteiger partial charge in [-0.05, 0) is 31.1 Å². The van der Waals surface area contributed by atoms with E-state index in [9.17, 15) is 9.90 Å². The number of hydrogen-bond acceptors (Lipinski definition) is 3. The van der Waals surface area contributed by atoms with Gasteiger partial charge in [0, 0.05) is 6.42 Å². The van der Waals surface area contributed by atoms with Crippen LogP contribution in [0.2, 0.25) is 0 Å². The minimum atomic E-state index is -0.349. The van der Waals surface area contributed by atoms with Crippen LogP contribution >= 0.6 is 0 Å². The highest BCUT2D eigenvalue weighted by molar-refractivity contribution is 5.89. The average molecular weight is 210 g/mol. The molecule has 15 heavy (non-hydrogen) atoms. The van der Waals surface area contributed by atoms with Crippen LogP contribution in [0.4, 0.5) is 0 Å². The molecule has 84 valence electrons. The third-order valence-electron chi connectivity index (χ3n) is 3.89. The summed E-state index contributed by atoms with van der Waals surface area (Å²) in [4.78, 5) is 11.5. The number of allylic oxidation sites excluding steroid dienone is 1. The van der Waals surface area contributed by atoms with Gasteiger partial charge in [0.05, 0.1) is 12.7 Å². The van der Waals surface area contributed by atoms with Crippen molar-refractivity contribution in [2.75, 3.05) is 7.11 Å². The molecule has 0 heterocycles. The second-order valence-corrected chi connectivity index (χ2v) is 4.80. The summed E-state index contributed by atoms with van der Waals surface area (Å²) in [6.07, 6.45) is 7.29. The van der Waals surface area contributed by atoms with Crippen molar-refractivity contribution in [3.63, 3.8) is 0 Å². The number of carbonyl (C=O) groups excluding carboxylic acids is 1. The van der Waals surface area contributed by atoms with Crippen molar-refractivity contribution in [1.82, 2.24) is 0 Å². The van der Waals surface area contributed by atoms with Gasteiger partial charge in [0.2, 0.25) is 0 Å². The summed E-state index contributed by atoms with van der Waals surface area (Å²) < 4.78 is 4.71. The maximum atomic E-state index is 11.5. The molecule has 1 fully saturated rings. The van der Waals surface area contributed by atoms with E-state index in [0.717, 1.165) is 6.42 Å². The zero-order chi connectivity index (χ0) is 10.9. The molecule has 2 aliphatic rings. The molecule has 0 aliphatic heterocycles. The van der Waals surface area contributed by atoms with Crippen molar-refractivity contribution >= 4 is 5.97 Å². The zero-order valence-electron chi connectivity index (χ0n) is 9.21. The Morgan fingerprint density at radius 1 is 1.33 bits per heavy atom. The fourth-order valence-corrected chi connectivity index (χ4v) is 2.96. The molecule has 0 amide bonds. The monoisotopic (exact) mass is 210 g/mol. The quantitative estimate of drug-likeness (QED) is 0.677. The van der Waals surface area contributed by atoms with Gasteiger partial charge in [0.25, 0.3) is 0 Å². The van der Waals surface area contributed by atoms with E-state index in [2.05, 4.69) is 0 Å². The van der Waals surface area contributed by atoms with Crippen LogP contribution in [0.3, 0.4) is 0 Å². The van der Waals surface area contributed by atoms with Gasteiger partial charge in [0.15, 0.2) is 0 Å². The van der Waals surface area contributed by atoms with Crippen LogP contribution in [0, 0.1) is 5.41 Å². The standard InChI is InChI=1S/C12H18O3/c1-15-11(14)9-8-12(5-2-3-6-12)7-4-10(9)13/h13H,2-8H2,1H3. The number of rotatable bonds is 1. The lowest BCUT2D eigenvalue weighted by molar-refractivity contribution is -0.137. The fraction of sp³-hybridized carbons (Fsp3) is 0.750. The van der Waals surface area contributed by atoms with Crippen molar-refractivity contribution in [3.8, 4) is 0 Å². The van der Waals surface area contributed by atoms with Gasteiger partial charge >= 0.3 is 5.97 Å². The van der Waals surface area contributed by atoms with E-state index >= 15 is 0 Å². The Hall–Kier alpha value is -0.990. The smallest absolute Gasteiger partial charge is 0.337 e. The molecule has 0 unspecified atom stereocenters. The first-order valence-electron chi connectivity index (χ1n) is 5.66. The van der Waals surface area contributed by atoms with E-state index in [1.807, 2.05) is 0 Å². The van der Waals surface area contributed by atoms with Gasteiger partial charge < -0.3 is 9.84 Å². The van der Waals surface area contributed by atoms with Gasteiger partial charge in [0.1, 0.15) is 5.76 Å². The van der Waals surface area contributed by atoms with Crippen LogP contribution in [-0.2, 0) is 9.53 Å². The van der Waals surface area contributed by atoms with E-state index in [0.29, 0.717) is 18.4 Å². The Labute approximate surface area is 90.1 Å². The summed E-state index contributed by atoms with van der Waals surface area (Å²) in [6.45, 7) is 0. The topological polar surface area (TPSA) is 46.5 Å².